The molecule has 1 saturated heterocycles. The standard InChI is InChI=1S/C22H29N3O3/c1-27-15-7-14-25(21(26)18-10-11-18)16-19-20(17-8-3-2-4-9-17)23-28-22(19)24-12-5-6-13-24/h2-4,8-9,18H,5-7,10-16H2,1H3. The third-order valence-electron chi connectivity index (χ3n) is 5.57. The van der Waals surface area contributed by atoms with Crippen molar-refractivity contribution in [1.29, 1.82) is 0 Å². The minimum Gasteiger partial charge on any atom is -0.385 e. The highest BCUT2D eigenvalue weighted by Crippen LogP contribution is 2.36. The Morgan fingerprint density at radius 2 is 2.00 bits per heavy atom. The van der Waals surface area contributed by atoms with Gasteiger partial charge in [-0.3, -0.25) is 4.79 Å². The molecular weight excluding hydrogens is 354 g/mol. The molecule has 6 nitrogen and oxygen atoms in total. The zero-order valence-electron chi connectivity index (χ0n) is 16.6. The molecular formula is C22H29N3O3. The van der Waals surface area contributed by atoms with Gasteiger partial charge < -0.3 is 19.1 Å². The number of methoxy groups -OCH3 is 1. The van der Waals surface area contributed by atoms with Crippen LogP contribution in [0.1, 0.15) is 37.7 Å². The predicted octanol–water partition coefficient (Wildman–Crippen LogP) is 3.72. The van der Waals surface area contributed by atoms with Crippen molar-refractivity contribution < 1.29 is 14.1 Å². The zero-order chi connectivity index (χ0) is 19.3. The number of hydrogen-bond donors (Lipinski definition) is 0. The van der Waals surface area contributed by atoms with Crippen molar-refractivity contribution in [3.63, 3.8) is 0 Å². The highest BCUT2D eigenvalue weighted by molar-refractivity contribution is 5.81. The van der Waals surface area contributed by atoms with Crippen molar-refractivity contribution in [1.82, 2.24) is 10.1 Å². The molecule has 1 aromatic carbocycles. The van der Waals surface area contributed by atoms with Gasteiger partial charge in [-0.2, -0.15) is 0 Å². The summed E-state index contributed by atoms with van der Waals surface area (Å²) in [5.41, 5.74) is 2.91. The van der Waals surface area contributed by atoms with Gasteiger partial charge in [0.2, 0.25) is 11.8 Å². The maximum absolute atomic E-state index is 12.9. The molecule has 0 radical (unpaired) electrons. The second-order valence-electron chi connectivity index (χ2n) is 7.76. The van der Waals surface area contributed by atoms with Gasteiger partial charge in [0, 0.05) is 44.8 Å². The van der Waals surface area contributed by atoms with Gasteiger partial charge in [-0.1, -0.05) is 35.5 Å². The van der Waals surface area contributed by atoms with Crippen molar-refractivity contribution >= 4 is 11.8 Å². The molecule has 1 aliphatic carbocycles. The van der Waals surface area contributed by atoms with Crippen LogP contribution in [-0.2, 0) is 16.1 Å². The highest BCUT2D eigenvalue weighted by atomic mass is 16.5. The summed E-state index contributed by atoms with van der Waals surface area (Å²) >= 11 is 0. The van der Waals surface area contributed by atoms with E-state index in [2.05, 4.69) is 10.1 Å². The molecule has 0 atom stereocenters. The Kier molecular flexibility index (Phi) is 5.95. The molecule has 2 fully saturated rings. The first-order valence-electron chi connectivity index (χ1n) is 10.3. The van der Waals surface area contributed by atoms with Crippen molar-refractivity contribution in [3.05, 3.63) is 35.9 Å². The molecule has 1 saturated carbocycles. The Balaban J connectivity index is 1.64. The van der Waals surface area contributed by atoms with Gasteiger partial charge in [-0.15, -0.1) is 0 Å². The first kappa shape index (κ1) is 19.0. The van der Waals surface area contributed by atoms with Crippen LogP contribution in [0.2, 0.25) is 0 Å². The lowest BCUT2D eigenvalue weighted by molar-refractivity contribution is -0.133. The molecule has 150 valence electrons. The first-order chi connectivity index (χ1) is 13.8. The van der Waals surface area contributed by atoms with E-state index in [4.69, 9.17) is 9.26 Å². The molecule has 0 unspecified atom stereocenters. The highest BCUT2D eigenvalue weighted by Gasteiger charge is 2.35. The van der Waals surface area contributed by atoms with Gasteiger partial charge in [0.1, 0.15) is 5.69 Å². The number of anilines is 1. The van der Waals surface area contributed by atoms with Crippen molar-refractivity contribution in [3.8, 4) is 11.3 Å². The SMILES string of the molecule is COCCCN(Cc1c(-c2ccccc2)noc1N1CCCC1)C(=O)C1CC1. The lowest BCUT2D eigenvalue weighted by atomic mass is 10.1. The number of rotatable bonds is 9. The summed E-state index contributed by atoms with van der Waals surface area (Å²) in [4.78, 5) is 17.2. The molecule has 1 aliphatic heterocycles. The molecule has 2 aromatic rings. The Morgan fingerprint density at radius 1 is 1.25 bits per heavy atom. The second kappa shape index (κ2) is 8.78. The third-order valence-corrected chi connectivity index (χ3v) is 5.57. The van der Waals surface area contributed by atoms with Crippen LogP contribution in [0, 0.1) is 5.92 Å². The minimum absolute atomic E-state index is 0.192. The monoisotopic (exact) mass is 383 g/mol. The van der Waals surface area contributed by atoms with Gasteiger partial charge in [0.15, 0.2) is 0 Å². The number of nitrogens with zero attached hydrogens (tertiary/aromatic N) is 3. The average molecular weight is 383 g/mol. The molecule has 0 spiro atoms. The van der Waals surface area contributed by atoms with Gasteiger partial charge in [-0.05, 0) is 32.1 Å². The van der Waals surface area contributed by atoms with Gasteiger partial charge >= 0.3 is 0 Å². The largest absolute Gasteiger partial charge is 0.385 e. The molecule has 1 amide bonds. The summed E-state index contributed by atoms with van der Waals surface area (Å²) in [6, 6.07) is 10.1. The van der Waals surface area contributed by atoms with Crippen LogP contribution in [0.5, 0.6) is 0 Å². The van der Waals surface area contributed by atoms with E-state index in [1.807, 2.05) is 35.2 Å². The van der Waals surface area contributed by atoms with Crippen LogP contribution in [0.3, 0.4) is 0 Å². The second-order valence-corrected chi connectivity index (χ2v) is 7.76. The van der Waals surface area contributed by atoms with Crippen molar-refractivity contribution in [2.24, 2.45) is 5.92 Å². The van der Waals surface area contributed by atoms with Crippen LogP contribution in [0.4, 0.5) is 5.88 Å². The lowest BCUT2D eigenvalue weighted by Gasteiger charge is -2.24. The van der Waals surface area contributed by atoms with Crippen molar-refractivity contribution in [2.45, 2.75) is 38.6 Å². The number of benzene rings is 1. The van der Waals surface area contributed by atoms with E-state index < -0.39 is 0 Å². The fraction of sp³-hybridized carbons (Fsp3) is 0.545. The number of ether oxygens (including phenoxy) is 1. The smallest absolute Gasteiger partial charge is 0.232 e. The quantitative estimate of drug-likeness (QED) is 0.618. The Hall–Kier alpha value is -2.34. The van der Waals surface area contributed by atoms with Crippen LogP contribution >= 0.6 is 0 Å². The van der Waals surface area contributed by atoms with Crippen LogP contribution in [0.25, 0.3) is 11.3 Å². The summed E-state index contributed by atoms with van der Waals surface area (Å²) < 4.78 is 11.0. The predicted molar refractivity (Wildman–Crippen MR) is 108 cm³/mol. The van der Waals surface area contributed by atoms with Crippen molar-refractivity contribution in [2.75, 3.05) is 38.3 Å². The minimum atomic E-state index is 0.192. The summed E-state index contributed by atoms with van der Waals surface area (Å²) in [7, 11) is 1.70. The fourth-order valence-electron chi connectivity index (χ4n) is 3.88. The number of hydrogen-bond acceptors (Lipinski definition) is 5. The molecule has 2 heterocycles. The lowest BCUT2D eigenvalue weighted by Crippen LogP contribution is -2.34. The summed E-state index contributed by atoms with van der Waals surface area (Å²) in [6.07, 6.45) is 5.18. The molecule has 4 rings (SSSR count). The van der Waals surface area contributed by atoms with E-state index in [1.165, 1.54) is 12.8 Å². The number of carbonyl (C=O) groups excluding carboxylic acids is 1. The number of carbonyl (C=O) groups is 1. The Morgan fingerprint density at radius 3 is 2.68 bits per heavy atom. The maximum atomic E-state index is 12.9. The molecule has 1 aromatic heterocycles. The Labute approximate surface area is 166 Å². The molecule has 28 heavy (non-hydrogen) atoms. The summed E-state index contributed by atoms with van der Waals surface area (Å²) in [5, 5.41) is 4.42. The van der Waals surface area contributed by atoms with E-state index in [1.54, 1.807) is 7.11 Å². The normalized spacial score (nSPS) is 16.5. The van der Waals surface area contributed by atoms with Crippen LogP contribution in [-0.4, -0.2) is 49.3 Å². The third kappa shape index (κ3) is 4.22. The summed E-state index contributed by atoms with van der Waals surface area (Å²) in [6.45, 7) is 3.86. The van der Waals surface area contributed by atoms with Gasteiger partial charge in [0.25, 0.3) is 0 Å². The van der Waals surface area contributed by atoms with Gasteiger partial charge in [-0.25, -0.2) is 0 Å². The number of amides is 1. The maximum Gasteiger partial charge on any atom is 0.232 e. The Bertz CT molecular complexity index is 780. The average Bonchev–Trinajstić information content (AvgIpc) is 3.27. The fourth-order valence-corrected chi connectivity index (χ4v) is 3.88. The van der Waals surface area contributed by atoms with Crippen LogP contribution in [0.15, 0.2) is 34.9 Å². The van der Waals surface area contributed by atoms with E-state index in [0.29, 0.717) is 19.7 Å². The number of aromatic nitrogens is 1. The molecule has 6 heteroatoms. The van der Waals surface area contributed by atoms with E-state index >= 15 is 0 Å². The first-order valence-corrected chi connectivity index (χ1v) is 10.3. The van der Waals surface area contributed by atoms with E-state index in [9.17, 15) is 4.79 Å². The van der Waals surface area contributed by atoms with E-state index in [-0.39, 0.29) is 11.8 Å². The van der Waals surface area contributed by atoms with Gasteiger partial charge in [0.05, 0.1) is 12.1 Å². The summed E-state index contributed by atoms with van der Waals surface area (Å²) in [5.74, 6) is 1.28. The zero-order valence-corrected chi connectivity index (χ0v) is 16.6. The van der Waals surface area contributed by atoms with E-state index in [0.717, 1.165) is 55.1 Å². The molecule has 0 N–H and O–H groups in total. The molecule has 0 bridgehead atoms. The van der Waals surface area contributed by atoms with Crippen LogP contribution < -0.4 is 4.90 Å². The topological polar surface area (TPSA) is 58.8 Å². The molecule has 2 aliphatic rings.